The smallest absolute Gasteiger partial charge is 0.223 e. The van der Waals surface area contributed by atoms with E-state index >= 15 is 0 Å². The number of aryl methyl sites for hydroxylation is 2. The summed E-state index contributed by atoms with van der Waals surface area (Å²) in [6, 6.07) is 8.44. The molecule has 110 valence electrons. The molecule has 0 spiro atoms. The largest absolute Gasteiger partial charge is 0.439 e. The van der Waals surface area contributed by atoms with Crippen molar-refractivity contribution in [3.63, 3.8) is 0 Å². The van der Waals surface area contributed by atoms with E-state index in [1.54, 1.807) is 6.20 Å². The molecule has 0 saturated carbocycles. The van der Waals surface area contributed by atoms with Crippen molar-refractivity contribution in [2.24, 2.45) is 0 Å². The van der Waals surface area contributed by atoms with Crippen LogP contribution < -0.4 is 10.1 Å². The molecule has 4 heteroatoms. The molecule has 1 aromatic heterocycles. The van der Waals surface area contributed by atoms with Gasteiger partial charge in [-0.1, -0.05) is 13.0 Å². The van der Waals surface area contributed by atoms with Crippen molar-refractivity contribution in [1.82, 2.24) is 10.3 Å². The Balaban J connectivity index is 1.83. The number of benzene rings is 1. The van der Waals surface area contributed by atoms with Crippen LogP contribution in [0.5, 0.6) is 11.6 Å². The highest BCUT2D eigenvalue weighted by Crippen LogP contribution is 2.30. The van der Waals surface area contributed by atoms with Crippen molar-refractivity contribution in [2.45, 2.75) is 32.7 Å². The van der Waals surface area contributed by atoms with Crippen molar-refractivity contribution >= 4 is 15.9 Å². The molecule has 0 aliphatic heterocycles. The van der Waals surface area contributed by atoms with E-state index < -0.39 is 0 Å². The quantitative estimate of drug-likeness (QED) is 0.879. The average Bonchev–Trinajstić information content (AvgIpc) is 2.95. The van der Waals surface area contributed by atoms with Gasteiger partial charge in [-0.25, -0.2) is 4.98 Å². The second-order valence-electron chi connectivity index (χ2n) is 5.28. The molecular formula is C17H19BrN2O. The highest BCUT2D eigenvalue weighted by atomic mass is 79.9. The van der Waals surface area contributed by atoms with Gasteiger partial charge in [-0.3, -0.25) is 0 Å². The predicted octanol–water partition coefficient (Wildman–Crippen LogP) is 4.23. The molecule has 0 atom stereocenters. The maximum atomic E-state index is 6.01. The van der Waals surface area contributed by atoms with Gasteiger partial charge in [0.1, 0.15) is 5.75 Å². The van der Waals surface area contributed by atoms with Crippen molar-refractivity contribution in [3.05, 3.63) is 51.6 Å². The minimum Gasteiger partial charge on any atom is -0.439 e. The fourth-order valence-electron chi connectivity index (χ4n) is 2.67. The summed E-state index contributed by atoms with van der Waals surface area (Å²) in [4.78, 5) is 4.41. The minimum atomic E-state index is 0.678. The van der Waals surface area contributed by atoms with Gasteiger partial charge >= 0.3 is 0 Å². The third kappa shape index (κ3) is 3.44. The van der Waals surface area contributed by atoms with Crippen LogP contribution in [0.1, 0.15) is 30.0 Å². The monoisotopic (exact) mass is 346 g/mol. The van der Waals surface area contributed by atoms with Gasteiger partial charge in [0.15, 0.2) is 0 Å². The van der Waals surface area contributed by atoms with Crippen LogP contribution in [0, 0.1) is 0 Å². The van der Waals surface area contributed by atoms with Crippen LogP contribution in [0.15, 0.2) is 34.9 Å². The van der Waals surface area contributed by atoms with Crippen molar-refractivity contribution in [3.8, 4) is 11.6 Å². The molecule has 3 nitrogen and oxygen atoms in total. The van der Waals surface area contributed by atoms with Gasteiger partial charge in [0.05, 0.1) is 0 Å². The molecule has 1 aliphatic carbocycles. The number of nitrogens with one attached hydrogen (secondary N) is 1. The fourth-order valence-corrected chi connectivity index (χ4v) is 3.05. The number of hydrogen-bond acceptors (Lipinski definition) is 3. The number of aromatic nitrogens is 1. The van der Waals surface area contributed by atoms with Crippen LogP contribution in [0.4, 0.5) is 0 Å². The maximum Gasteiger partial charge on any atom is 0.223 e. The molecule has 0 amide bonds. The number of hydrogen-bond donors (Lipinski definition) is 1. The van der Waals surface area contributed by atoms with Gasteiger partial charge in [0, 0.05) is 22.8 Å². The number of nitrogens with zero attached hydrogens (tertiary/aromatic N) is 1. The van der Waals surface area contributed by atoms with Crippen LogP contribution in [-0.4, -0.2) is 11.5 Å². The summed E-state index contributed by atoms with van der Waals surface area (Å²) in [5.74, 6) is 1.56. The Hall–Kier alpha value is -1.39. The molecule has 3 rings (SSSR count). The van der Waals surface area contributed by atoms with Crippen molar-refractivity contribution in [1.29, 1.82) is 0 Å². The Labute approximate surface area is 133 Å². The first-order valence-electron chi connectivity index (χ1n) is 7.41. The first-order valence-corrected chi connectivity index (χ1v) is 8.20. The second kappa shape index (κ2) is 6.58. The van der Waals surface area contributed by atoms with Gasteiger partial charge in [0.25, 0.3) is 0 Å². The van der Waals surface area contributed by atoms with E-state index in [1.807, 2.05) is 6.07 Å². The summed E-state index contributed by atoms with van der Waals surface area (Å²) >= 11 is 3.47. The van der Waals surface area contributed by atoms with Crippen LogP contribution in [0.3, 0.4) is 0 Å². The van der Waals surface area contributed by atoms with E-state index in [9.17, 15) is 0 Å². The zero-order valence-electron chi connectivity index (χ0n) is 12.2. The van der Waals surface area contributed by atoms with Crippen LogP contribution in [0.2, 0.25) is 0 Å². The summed E-state index contributed by atoms with van der Waals surface area (Å²) in [7, 11) is 0. The molecule has 0 unspecified atom stereocenters. The summed E-state index contributed by atoms with van der Waals surface area (Å²) in [5, 5.41) is 3.32. The van der Waals surface area contributed by atoms with E-state index in [1.165, 1.54) is 24.0 Å². The standard InChI is InChI=1S/C17H19BrN2O/c1-2-19-10-14-8-15(18)11-20-17(14)21-16-7-6-12-4-3-5-13(12)9-16/h6-9,11,19H,2-5,10H2,1H3. The Kier molecular flexibility index (Phi) is 4.56. The van der Waals surface area contributed by atoms with Gasteiger partial charge in [-0.05, 0) is 71.1 Å². The summed E-state index contributed by atoms with van der Waals surface area (Å²) in [6.45, 7) is 3.76. The molecule has 0 radical (unpaired) electrons. The molecule has 1 heterocycles. The highest BCUT2D eigenvalue weighted by Gasteiger charge is 2.13. The van der Waals surface area contributed by atoms with E-state index in [0.717, 1.165) is 35.3 Å². The fraction of sp³-hybridized carbons (Fsp3) is 0.353. The van der Waals surface area contributed by atoms with E-state index in [-0.39, 0.29) is 0 Å². The van der Waals surface area contributed by atoms with E-state index in [4.69, 9.17) is 4.74 Å². The van der Waals surface area contributed by atoms with Crippen LogP contribution in [0.25, 0.3) is 0 Å². The lowest BCUT2D eigenvalue weighted by Gasteiger charge is -2.12. The zero-order valence-corrected chi connectivity index (χ0v) is 13.7. The van der Waals surface area contributed by atoms with Gasteiger partial charge < -0.3 is 10.1 Å². The number of halogens is 1. The van der Waals surface area contributed by atoms with Crippen LogP contribution in [-0.2, 0) is 19.4 Å². The minimum absolute atomic E-state index is 0.678. The number of pyridine rings is 1. The van der Waals surface area contributed by atoms with E-state index in [2.05, 4.69) is 51.4 Å². The molecule has 21 heavy (non-hydrogen) atoms. The Morgan fingerprint density at radius 1 is 1.24 bits per heavy atom. The lowest BCUT2D eigenvalue weighted by Crippen LogP contribution is -2.13. The molecule has 0 fully saturated rings. The van der Waals surface area contributed by atoms with Crippen LogP contribution >= 0.6 is 15.9 Å². The maximum absolute atomic E-state index is 6.01. The first-order chi connectivity index (χ1) is 10.3. The Bertz CT molecular complexity index is 643. The SMILES string of the molecule is CCNCc1cc(Br)cnc1Oc1ccc2c(c1)CCC2. The topological polar surface area (TPSA) is 34.2 Å². The highest BCUT2D eigenvalue weighted by molar-refractivity contribution is 9.10. The first kappa shape index (κ1) is 14.5. The number of ether oxygens (including phenoxy) is 1. The van der Waals surface area contributed by atoms with Crippen molar-refractivity contribution < 1.29 is 4.74 Å². The summed E-state index contributed by atoms with van der Waals surface area (Å²) in [5.41, 5.74) is 3.93. The molecular weight excluding hydrogens is 328 g/mol. The Morgan fingerprint density at radius 2 is 2.10 bits per heavy atom. The zero-order chi connectivity index (χ0) is 14.7. The van der Waals surface area contributed by atoms with Gasteiger partial charge in [-0.2, -0.15) is 0 Å². The summed E-state index contributed by atoms with van der Waals surface area (Å²) in [6.07, 6.45) is 5.38. The molecule has 2 aromatic rings. The van der Waals surface area contributed by atoms with E-state index in [0.29, 0.717) is 5.88 Å². The number of rotatable bonds is 5. The second-order valence-corrected chi connectivity index (χ2v) is 6.20. The lowest BCUT2D eigenvalue weighted by atomic mass is 10.1. The molecule has 1 aliphatic rings. The third-order valence-electron chi connectivity index (χ3n) is 3.74. The Morgan fingerprint density at radius 3 is 2.95 bits per heavy atom. The normalized spacial score (nSPS) is 13.2. The lowest BCUT2D eigenvalue weighted by molar-refractivity contribution is 0.452. The molecule has 0 saturated heterocycles. The van der Waals surface area contributed by atoms with Crippen molar-refractivity contribution in [2.75, 3.05) is 6.54 Å². The summed E-state index contributed by atoms with van der Waals surface area (Å²) < 4.78 is 6.98. The third-order valence-corrected chi connectivity index (χ3v) is 4.18. The molecule has 0 bridgehead atoms. The molecule has 1 N–H and O–H groups in total. The predicted molar refractivity (Wildman–Crippen MR) is 87.9 cm³/mol. The molecule has 1 aromatic carbocycles. The van der Waals surface area contributed by atoms with Gasteiger partial charge in [-0.15, -0.1) is 0 Å². The number of fused-ring (bicyclic) bond motifs is 1. The van der Waals surface area contributed by atoms with Gasteiger partial charge in [0.2, 0.25) is 5.88 Å². The average molecular weight is 347 g/mol.